The highest BCUT2D eigenvalue weighted by molar-refractivity contribution is 8.00. The summed E-state index contributed by atoms with van der Waals surface area (Å²) >= 11 is 1.75. The van der Waals surface area contributed by atoms with E-state index in [1.807, 2.05) is 6.92 Å². The topological polar surface area (TPSA) is 52.9 Å². The standard InChI is InChI=1S/C13H20N2OS/c1-13(9-14,10-6-7-10)15-12(16)8-17-11-4-2-3-5-11/h10-11H,2-8H2,1H3,(H,15,16)/t13-/m0/s1. The first-order valence-corrected chi connectivity index (χ1v) is 7.53. The molecule has 0 saturated heterocycles. The van der Waals surface area contributed by atoms with Gasteiger partial charge < -0.3 is 5.32 Å². The fourth-order valence-electron chi connectivity index (χ4n) is 2.46. The van der Waals surface area contributed by atoms with Crippen molar-refractivity contribution in [2.24, 2.45) is 5.92 Å². The summed E-state index contributed by atoms with van der Waals surface area (Å²) in [5.41, 5.74) is -0.632. The molecular weight excluding hydrogens is 232 g/mol. The number of thioether (sulfide) groups is 1. The summed E-state index contributed by atoms with van der Waals surface area (Å²) in [6, 6.07) is 2.26. The molecule has 0 aromatic carbocycles. The number of carbonyl (C=O) groups excluding carboxylic acids is 1. The van der Waals surface area contributed by atoms with E-state index in [1.165, 1.54) is 25.7 Å². The van der Waals surface area contributed by atoms with E-state index in [0.29, 0.717) is 16.9 Å². The van der Waals surface area contributed by atoms with Crippen molar-refractivity contribution in [1.29, 1.82) is 5.26 Å². The zero-order chi connectivity index (χ0) is 12.3. The van der Waals surface area contributed by atoms with Crippen LogP contribution in [0.3, 0.4) is 0 Å². The summed E-state index contributed by atoms with van der Waals surface area (Å²) in [6.07, 6.45) is 7.24. The summed E-state index contributed by atoms with van der Waals surface area (Å²) in [4.78, 5) is 11.8. The van der Waals surface area contributed by atoms with Gasteiger partial charge in [0, 0.05) is 5.25 Å². The first-order valence-electron chi connectivity index (χ1n) is 6.48. The number of nitriles is 1. The Morgan fingerprint density at radius 2 is 2.06 bits per heavy atom. The van der Waals surface area contributed by atoms with Gasteiger partial charge in [0.1, 0.15) is 5.54 Å². The molecule has 2 rings (SSSR count). The Hall–Kier alpha value is -0.690. The van der Waals surface area contributed by atoms with Crippen molar-refractivity contribution in [2.45, 2.75) is 56.2 Å². The molecule has 0 bridgehead atoms. The maximum atomic E-state index is 11.8. The SMILES string of the molecule is C[C@@](C#N)(NC(=O)CSC1CCCC1)C1CC1. The van der Waals surface area contributed by atoms with Crippen LogP contribution in [-0.2, 0) is 4.79 Å². The molecule has 94 valence electrons. The minimum Gasteiger partial charge on any atom is -0.337 e. The van der Waals surface area contributed by atoms with Gasteiger partial charge in [-0.25, -0.2) is 0 Å². The number of carbonyl (C=O) groups is 1. The second-order valence-electron chi connectivity index (χ2n) is 5.35. The van der Waals surface area contributed by atoms with Crippen molar-refractivity contribution in [3.63, 3.8) is 0 Å². The Kier molecular flexibility index (Phi) is 3.98. The van der Waals surface area contributed by atoms with E-state index in [0.717, 1.165) is 12.8 Å². The van der Waals surface area contributed by atoms with Crippen LogP contribution in [0.5, 0.6) is 0 Å². The lowest BCUT2D eigenvalue weighted by atomic mass is 9.98. The van der Waals surface area contributed by atoms with Gasteiger partial charge in [-0.15, -0.1) is 11.8 Å². The summed E-state index contributed by atoms with van der Waals surface area (Å²) in [7, 11) is 0. The molecule has 1 amide bonds. The van der Waals surface area contributed by atoms with Crippen LogP contribution < -0.4 is 5.32 Å². The average Bonchev–Trinajstić information content (AvgIpc) is 3.05. The highest BCUT2D eigenvalue weighted by Crippen LogP contribution is 2.39. The Morgan fingerprint density at radius 1 is 1.41 bits per heavy atom. The van der Waals surface area contributed by atoms with Crippen LogP contribution in [0.15, 0.2) is 0 Å². The molecule has 1 atom stereocenters. The van der Waals surface area contributed by atoms with E-state index in [4.69, 9.17) is 5.26 Å². The average molecular weight is 252 g/mol. The smallest absolute Gasteiger partial charge is 0.231 e. The van der Waals surface area contributed by atoms with Crippen molar-refractivity contribution in [1.82, 2.24) is 5.32 Å². The van der Waals surface area contributed by atoms with E-state index in [2.05, 4.69) is 11.4 Å². The van der Waals surface area contributed by atoms with Gasteiger partial charge in [-0.1, -0.05) is 12.8 Å². The fourth-order valence-corrected chi connectivity index (χ4v) is 3.58. The van der Waals surface area contributed by atoms with E-state index in [9.17, 15) is 4.79 Å². The maximum Gasteiger partial charge on any atom is 0.231 e. The molecule has 3 nitrogen and oxygen atoms in total. The van der Waals surface area contributed by atoms with Gasteiger partial charge in [-0.2, -0.15) is 5.26 Å². The lowest BCUT2D eigenvalue weighted by Gasteiger charge is -2.23. The molecule has 0 spiro atoms. The molecule has 0 radical (unpaired) electrons. The van der Waals surface area contributed by atoms with Gasteiger partial charge in [-0.05, 0) is 38.5 Å². The third-order valence-corrected chi connectivity index (χ3v) is 5.15. The van der Waals surface area contributed by atoms with Gasteiger partial charge >= 0.3 is 0 Å². The molecule has 0 aromatic heterocycles. The summed E-state index contributed by atoms with van der Waals surface area (Å²) in [6.45, 7) is 1.85. The molecule has 0 unspecified atom stereocenters. The number of nitrogens with one attached hydrogen (secondary N) is 1. The van der Waals surface area contributed by atoms with E-state index < -0.39 is 5.54 Å². The van der Waals surface area contributed by atoms with Crippen molar-refractivity contribution < 1.29 is 4.79 Å². The zero-order valence-electron chi connectivity index (χ0n) is 10.4. The molecule has 4 heteroatoms. The van der Waals surface area contributed by atoms with Crippen LogP contribution in [0.2, 0.25) is 0 Å². The number of hydrogen-bond donors (Lipinski definition) is 1. The molecule has 17 heavy (non-hydrogen) atoms. The highest BCUT2D eigenvalue weighted by atomic mass is 32.2. The third kappa shape index (κ3) is 3.38. The van der Waals surface area contributed by atoms with Gasteiger partial charge in [0.25, 0.3) is 0 Å². The monoisotopic (exact) mass is 252 g/mol. The van der Waals surface area contributed by atoms with E-state index >= 15 is 0 Å². The van der Waals surface area contributed by atoms with Crippen molar-refractivity contribution in [2.75, 3.05) is 5.75 Å². The highest BCUT2D eigenvalue weighted by Gasteiger charge is 2.42. The van der Waals surface area contributed by atoms with E-state index in [-0.39, 0.29) is 5.91 Å². The predicted molar refractivity (Wildman–Crippen MR) is 69.6 cm³/mol. The second-order valence-corrected chi connectivity index (χ2v) is 6.64. The summed E-state index contributed by atoms with van der Waals surface area (Å²) in [5.74, 6) is 0.903. The van der Waals surface area contributed by atoms with Gasteiger partial charge in [-0.3, -0.25) is 4.79 Å². The van der Waals surface area contributed by atoms with Crippen LogP contribution in [0.1, 0.15) is 45.4 Å². The molecule has 2 aliphatic carbocycles. The van der Waals surface area contributed by atoms with Gasteiger partial charge in [0.05, 0.1) is 11.8 Å². The molecule has 2 aliphatic rings. The molecule has 2 fully saturated rings. The first kappa shape index (κ1) is 12.8. The predicted octanol–water partition coefficient (Wildman–Crippen LogP) is 2.47. The van der Waals surface area contributed by atoms with Crippen LogP contribution in [0.25, 0.3) is 0 Å². The summed E-state index contributed by atoms with van der Waals surface area (Å²) < 4.78 is 0. The quantitative estimate of drug-likeness (QED) is 0.817. The third-order valence-electron chi connectivity index (χ3n) is 3.78. The Morgan fingerprint density at radius 3 is 2.59 bits per heavy atom. The van der Waals surface area contributed by atoms with Crippen molar-refractivity contribution >= 4 is 17.7 Å². The van der Waals surface area contributed by atoms with Crippen LogP contribution in [0.4, 0.5) is 0 Å². The Bertz CT molecular complexity index is 329. The van der Waals surface area contributed by atoms with Crippen LogP contribution in [-0.4, -0.2) is 22.4 Å². The van der Waals surface area contributed by atoms with Crippen LogP contribution in [0, 0.1) is 17.2 Å². The molecule has 0 aromatic rings. The first-order chi connectivity index (χ1) is 8.14. The van der Waals surface area contributed by atoms with Crippen molar-refractivity contribution in [3.05, 3.63) is 0 Å². The lowest BCUT2D eigenvalue weighted by Crippen LogP contribution is -2.47. The maximum absolute atomic E-state index is 11.8. The molecule has 0 heterocycles. The Balaban J connectivity index is 1.74. The van der Waals surface area contributed by atoms with Gasteiger partial charge in [0.2, 0.25) is 5.91 Å². The molecule has 2 saturated carbocycles. The van der Waals surface area contributed by atoms with Crippen LogP contribution >= 0.6 is 11.8 Å². The number of rotatable bonds is 5. The molecule has 0 aliphatic heterocycles. The van der Waals surface area contributed by atoms with E-state index in [1.54, 1.807) is 11.8 Å². The molecule has 1 N–H and O–H groups in total. The minimum absolute atomic E-state index is 0.0258. The lowest BCUT2D eigenvalue weighted by molar-refractivity contribution is -0.119. The number of nitrogens with zero attached hydrogens (tertiary/aromatic N) is 1. The number of amides is 1. The Labute approximate surface area is 107 Å². The van der Waals surface area contributed by atoms with Gasteiger partial charge in [0.15, 0.2) is 0 Å². The normalized spacial score (nSPS) is 24.0. The second kappa shape index (κ2) is 5.30. The molecular formula is C13H20N2OS. The number of hydrogen-bond acceptors (Lipinski definition) is 3. The van der Waals surface area contributed by atoms with Crippen molar-refractivity contribution in [3.8, 4) is 6.07 Å². The zero-order valence-corrected chi connectivity index (χ0v) is 11.2. The fraction of sp³-hybridized carbons (Fsp3) is 0.846. The largest absolute Gasteiger partial charge is 0.337 e. The summed E-state index contributed by atoms with van der Waals surface area (Å²) in [5, 5.41) is 12.7. The minimum atomic E-state index is -0.632.